The summed E-state index contributed by atoms with van der Waals surface area (Å²) in [6.45, 7) is 2.76. The maximum Gasteiger partial charge on any atom is 0.294 e. The molecular formula is C18H18BrClN4O3. The summed E-state index contributed by atoms with van der Waals surface area (Å²) < 4.78 is 0.832. The minimum atomic E-state index is -0.418. The number of piperazine rings is 1. The highest BCUT2D eigenvalue weighted by Crippen LogP contribution is 2.31. The molecule has 2 aromatic rings. The SMILES string of the molecule is O=C(CN1CCN(c2ccc(Cl)cc2[N+](=O)[O-])CC1)Nc1ccccc1Br. The summed E-state index contributed by atoms with van der Waals surface area (Å²) in [6, 6.07) is 12.1. The van der Waals surface area contributed by atoms with Crippen molar-refractivity contribution in [3.8, 4) is 0 Å². The molecule has 0 radical (unpaired) electrons. The Bertz CT molecular complexity index is 856. The van der Waals surface area contributed by atoms with Crippen molar-refractivity contribution < 1.29 is 9.72 Å². The van der Waals surface area contributed by atoms with Gasteiger partial charge in [0.2, 0.25) is 5.91 Å². The number of amides is 1. The molecule has 1 N–H and O–H groups in total. The van der Waals surface area contributed by atoms with E-state index in [1.807, 2.05) is 34.1 Å². The van der Waals surface area contributed by atoms with Gasteiger partial charge < -0.3 is 10.2 Å². The number of hydrogen-bond acceptors (Lipinski definition) is 5. The van der Waals surface area contributed by atoms with E-state index in [9.17, 15) is 14.9 Å². The van der Waals surface area contributed by atoms with Crippen LogP contribution in [0.5, 0.6) is 0 Å². The smallest absolute Gasteiger partial charge is 0.294 e. The number of carbonyl (C=O) groups excluding carboxylic acids is 1. The minimum absolute atomic E-state index is 0.00243. The summed E-state index contributed by atoms with van der Waals surface area (Å²) >= 11 is 9.29. The molecule has 0 bridgehead atoms. The van der Waals surface area contributed by atoms with Crippen molar-refractivity contribution in [3.05, 3.63) is 62.1 Å². The predicted molar refractivity (Wildman–Crippen MR) is 110 cm³/mol. The second-order valence-electron chi connectivity index (χ2n) is 6.18. The summed E-state index contributed by atoms with van der Waals surface area (Å²) in [7, 11) is 0. The van der Waals surface area contributed by atoms with E-state index in [1.54, 1.807) is 12.1 Å². The Morgan fingerprint density at radius 3 is 2.56 bits per heavy atom. The van der Waals surface area contributed by atoms with Gasteiger partial charge in [-0.05, 0) is 40.2 Å². The van der Waals surface area contributed by atoms with Gasteiger partial charge in [-0.3, -0.25) is 19.8 Å². The lowest BCUT2D eigenvalue weighted by molar-refractivity contribution is -0.384. The highest BCUT2D eigenvalue weighted by Gasteiger charge is 2.24. The molecule has 0 atom stereocenters. The molecule has 0 unspecified atom stereocenters. The van der Waals surface area contributed by atoms with Crippen molar-refractivity contribution in [1.29, 1.82) is 0 Å². The standard InChI is InChI=1S/C18H18BrClN4O3/c19-14-3-1-2-4-15(14)21-18(25)12-22-7-9-23(10-8-22)16-6-5-13(20)11-17(16)24(26)27/h1-6,11H,7-10,12H2,(H,21,25). The second-order valence-corrected chi connectivity index (χ2v) is 7.47. The third-order valence-electron chi connectivity index (χ3n) is 4.36. The van der Waals surface area contributed by atoms with Crippen molar-refractivity contribution in [1.82, 2.24) is 4.90 Å². The molecule has 27 heavy (non-hydrogen) atoms. The van der Waals surface area contributed by atoms with Crippen LogP contribution in [0.15, 0.2) is 46.9 Å². The Kier molecular flexibility index (Phi) is 6.30. The predicted octanol–water partition coefficient (Wildman–Crippen LogP) is 3.77. The van der Waals surface area contributed by atoms with Crippen LogP contribution >= 0.6 is 27.5 Å². The van der Waals surface area contributed by atoms with Crippen molar-refractivity contribution in [2.45, 2.75) is 0 Å². The molecule has 1 saturated heterocycles. The van der Waals surface area contributed by atoms with Crippen LogP contribution < -0.4 is 10.2 Å². The number of nitrogens with zero attached hydrogens (tertiary/aromatic N) is 3. The molecule has 1 aliphatic heterocycles. The number of rotatable bonds is 5. The Balaban J connectivity index is 1.57. The minimum Gasteiger partial charge on any atom is -0.363 e. The van der Waals surface area contributed by atoms with Crippen LogP contribution in [0, 0.1) is 10.1 Å². The van der Waals surface area contributed by atoms with Gasteiger partial charge in [0.25, 0.3) is 5.69 Å². The van der Waals surface area contributed by atoms with Gasteiger partial charge in [-0.1, -0.05) is 23.7 Å². The summed E-state index contributed by atoms with van der Waals surface area (Å²) in [4.78, 5) is 27.1. The average Bonchev–Trinajstić information content (AvgIpc) is 2.64. The quantitative estimate of drug-likeness (QED) is 0.551. The number of carbonyl (C=O) groups is 1. The third-order valence-corrected chi connectivity index (χ3v) is 5.29. The van der Waals surface area contributed by atoms with Crippen LogP contribution in [0.2, 0.25) is 5.02 Å². The molecule has 0 aromatic heterocycles. The van der Waals surface area contributed by atoms with Crippen LogP contribution in [0.25, 0.3) is 0 Å². The summed E-state index contributed by atoms with van der Waals surface area (Å²) in [5.74, 6) is -0.0900. The summed E-state index contributed by atoms with van der Waals surface area (Å²) in [5.41, 5.74) is 1.29. The Morgan fingerprint density at radius 1 is 1.19 bits per heavy atom. The van der Waals surface area contributed by atoms with E-state index in [0.29, 0.717) is 36.9 Å². The molecule has 1 amide bonds. The first-order valence-corrected chi connectivity index (χ1v) is 9.57. The van der Waals surface area contributed by atoms with Crippen LogP contribution in [0.4, 0.5) is 17.1 Å². The summed E-state index contributed by atoms with van der Waals surface area (Å²) in [6.07, 6.45) is 0. The van der Waals surface area contributed by atoms with Crippen molar-refractivity contribution in [2.24, 2.45) is 0 Å². The van der Waals surface area contributed by atoms with E-state index in [-0.39, 0.29) is 18.1 Å². The first kappa shape index (κ1) is 19.6. The monoisotopic (exact) mass is 452 g/mol. The molecule has 1 heterocycles. The highest BCUT2D eigenvalue weighted by molar-refractivity contribution is 9.10. The van der Waals surface area contributed by atoms with Gasteiger partial charge >= 0.3 is 0 Å². The van der Waals surface area contributed by atoms with Crippen LogP contribution in [0.3, 0.4) is 0 Å². The Hall–Kier alpha value is -2.16. The molecule has 0 spiro atoms. The first-order valence-electron chi connectivity index (χ1n) is 8.39. The number of halogens is 2. The molecule has 142 valence electrons. The van der Waals surface area contributed by atoms with E-state index < -0.39 is 4.92 Å². The van der Waals surface area contributed by atoms with Gasteiger partial charge in [0.1, 0.15) is 5.69 Å². The fourth-order valence-corrected chi connectivity index (χ4v) is 3.56. The zero-order chi connectivity index (χ0) is 19.4. The van der Waals surface area contributed by atoms with Gasteiger partial charge in [0.15, 0.2) is 0 Å². The lowest BCUT2D eigenvalue weighted by atomic mass is 10.2. The van der Waals surface area contributed by atoms with Gasteiger partial charge in [-0.15, -0.1) is 0 Å². The number of nitro benzene ring substituents is 1. The molecule has 1 aliphatic rings. The van der Waals surface area contributed by atoms with E-state index in [0.717, 1.165) is 10.2 Å². The molecule has 0 aliphatic carbocycles. The molecule has 3 rings (SSSR count). The van der Waals surface area contributed by atoms with Gasteiger partial charge in [-0.25, -0.2) is 0 Å². The number of hydrogen-bond donors (Lipinski definition) is 1. The Labute approximate surface area is 170 Å². The fourth-order valence-electron chi connectivity index (χ4n) is 3.01. The van der Waals surface area contributed by atoms with Gasteiger partial charge in [-0.2, -0.15) is 0 Å². The normalized spacial score (nSPS) is 14.8. The number of nitro groups is 1. The zero-order valence-corrected chi connectivity index (χ0v) is 16.7. The van der Waals surface area contributed by atoms with Crippen LogP contribution in [-0.2, 0) is 4.79 Å². The van der Waals surface area contributed by atoms with E-state index in [4.69, 9.17) is 11.6 Å². The van der Waals surface area contributed by atoms with E-state index in [1.165, 1.54) is 6.07 Å². The molecular weight excluding hydrogens is 436 g/mol. The largest absolute Gasteiger partial charge is 0.363 e. The van der Waals surface area contributed by atoms with Gasteiger partial charge in [0, 0.05) is 41.7 Å². The lowest BCUT2D eigenvalue weighted by Gasteiger charge is -2.35. The lowest BCUT2D eigenvalue weighted by Crippen LogP contribution is -2.48. The second kappa shape index (κ2) is 8.69. The van der Waals surface area contributed by atoms with Crippen molar-refractivity contribution >= 4 is 50.5 Å². The van der Waals surface area contributed by atoms with E-state index >= 15 is 0 Å². The van der Waals surface area contributed by atoms with Crippen molar-refractivity contribution in [2.75, 3.05) is 42.9 Å². The molecule has 2 aromatic carbocycles. The Morgan fingerprint density at radius 2 is 1.89 bits per heavy atom. The molecule has 0 saturated carbocycles. The third kappa shape index (κ3) is 4.97. The molecule has 1 fully saturated rings. The first-order chi connectivity index (χ1) is 12.9. The van der Waals surface area contributed by atoms with Crippen LogP contribution in [-0.4, -0.2) is 48.5 Å². The maximum absolute atomic E-state index is 12.3. The highest BCUT2D eigenvalue weighted by atomic mass is 79.9. The number of benzene rings is 2. The van der Waals surface area contributed by atoms with Crippen molar-refractivity contribution in [3.63, 3.8) is 0 Å². The molecule has 9 heteroatoms. The topological polar surface area (TPSA) is 78.7 Å². The summed E-state index contributed by atoms with van der Waals surface area (Å²) in [5, 5.41) is 14.5. The fraction of sp³-hybridized carbons (Fsp3) is 0.278. The number of anilines is 2. The van der Waals surface area contributed by atoms with E-state index in [2.05, 4.69) is 21.2 Å². The average molecular weight is 454 g/mol. The maximum atomic E-state index is 12.3. The molecule has 7 nitrogen and oxygen atoms in total. The van der Waals surface area contributed by atoms with Gasteiger partial charge in [0.05, 0.1) is 17.2 Å². The number of nitrogens with one attached hydrogen (secondary N) is 1. The zero-order valence-electron chi connectivity index (χ0n) is 14.4. The number of para-hydroxylation sites is 1. The van der Waals surface area contributed by atoms with Crippen LogP contribution in [0.1, 0.15) is 0 Å².